The molecule has 0 spiro atoms. The summed E-state index contributed by atoms with van der Waals surface area (Å²) in [5.74, 6) is 0. The summed E-state index contributed by atoms with van der Waals surface area (Å²) in [7, 11) is 0. The lowest BCUT2D eigenvalue weighted by Crippen LogP contribution is -2.10. The zero-order chi connectivity index (χ0) is 27.8. The molecule has 7 aromatic carbocycles. The third-order valence-electron chi connectivity index (χ3n) is 8.79. The van der Waals surface area contributed by atoms with Gasteiger partial charge in [-0.05, 0) is 87.3 Å². The van der Waals surface area contributed by atoms with Crippen molar-refractivity contribution in [2.24, 2.45) is 0 Å². The van der Waals surface area contributed by atoms with E-state index >= 15 is 0 Å². The van der Waals surface area contributed by atoms with E-state index < -0.39 is 0 Å². The van der Waals surface area contributed by atoms with Crippen LogP contribution in [-0.4, -0.2) is 0 Å². The van der Waals surface area contributed by atoms with Gasteiger partial charge in [0, 0.05) is 0 Å². The molecule has 0 aliphatic heterocycles. The maximum absolute atomic E-state index is 2.35. The Hall–Kier alpha value is -4.16. The SMILES string of the molecule is CC(C)(C)c1ccc(-c2ccc3c4cccc5c(-c6ccc(C(C)(C)C)cc6)ccc(c6cccc2c63)c54)cc1. The molecule has 7 aromatic rings. The van der Waals surface area contributed by atoms with E-state index in [0.717, 1.165) is 0 Å². The molecule has 40 heavy (non-hydrogen) atoms. The molecule has 0 nitrogen and oxygen atoms in total. The van der Waals surface area contributed by atoms with Gasteiger partial charge in [-0.25, -0.2) is 0 Å². The summed E-state index contributed by atoms with van der Waals surface area (Å²) in [4.78, 5) is 0. The van der Waals surface area contributed by atoms with Crippen LogP contribution in [0.5, 0.6) is 0 Å². The minimum atomic E-state index is 0.147. The van der Waals surface area contributed by atoms with E-state index in [1.54, 1.807) is 0 Å². The Balaban J connectivity index is 1.47. The van der Waals surface area contributed by atoms with Gasteiger partial charge in [0.25, 0.3) is 0 Å². The van der Waals surface area contributed by atoms with Crippen molar-refractivity contribution in [3.63, 3.8) is 0 Å². The molecule has 0 aliphatic rings. The molecule has 7 rings (SSSR count). The smallest absolute Gasteiger partial charge is 0.00201 e. The van der Waals surface area contributed by atoms with E-state index in [1.165, 1.54) is 76.5 Å². The summed E-state index contributed by atoms with van der Waals surface area (Å²) >= 11 is 0. The fraction of sp³-hybridized carbons (Fsp3) is 0.200. The van der Waals surface area contributed by atoms with Crippen LogP contribution in [-0.2, 0) is 10.8 Å². The molecule has 0 radical (unpaired) electrons. The van der Waals surface area contributed by atoms with Gasteiger partial charge in [-0.2, -0.15) is 0 Å². The maximum atomic E-state index is 2.35. The van der Waals surface area contributed by atoms with E-state index in [4.69, 9.17) is 0 Å². The Morgan fingerprint density at radius 3 is 1.00 bits per heavy atom. The van der Waals surface area contributed by atoms with E-state index in [2.05, 4.69) is 151 Å². The van der Waals surface area contributed by atoms with Gasteiger partial charge in [-0.1, -0.05) is 151 Å². The lowest BCUT2D eigenvalue weighted by molar-refractivity contribution is 0.590. The van der Waals surface area contributed by atoms with Crippen LogP contribution in [0.2, 0.25) is 0 Å². The molecule has 0 heteroatoms. The predicted molar refractivity (Wildman–Crippen MR) is 176 cm³/mol. The second kappa shape index (κ2) is 8.67. The van der Waals surface area contributed by atoms with E-state index in [1.807, 2.05) is 0 Å². The maximum Gasteiger partial charge on any atom is -0.00201 e. The third kappa shape index (κ3) is 3.81. The van der Waals surface area contributed by atoms with E-state index in [0.29, 0.717) is 0 Å². The predicted octanol–water partition coefficient (Wildman–Crippen LogP) is 11.7. The Morgan fingerprint density at radius 1 is 0.325 bits per heavy atom. The van der Waals surface area contributed by atoms with Crippen LogP contribution in [0.3, 0.4) is 0 Å². The monoisotopic (exact) mass is 516 g/mol. The Kier molecular flexibility index (Phi) is 5.39. The van der Waals surface area contributed by atoms with Crippen LogP contribution in [0.15, 0.2) is 109 Å². The molecule has 0 fully saturated rings. The number of hydrogen-bond donors (Lipinski definition) is 0. The van der Waals surface area contributed by atoms with Crippen molar-refractivity contribution in [3.05, 3.63) is 120 Å². The number of benzene rings is 7. The minimum absolute atomic E-state index is 0.147. The summed E-state index contributed by atoms with van der Waals surface area (Å²) in [5, 5.41) is 10.7. The Labute approximate surface area is 237 Å². The fourth-order valence-corrected chi connectivity index (χ4v) is 6.51. The van der Waals surface area contributed by atoms with E-state index in [9.17, 15) is 0 Å². The average molecular weight is 517 g/mol. The second-order valence-corrected chi connectivity index (χ2v) is 13.4. The van der Waals surface area contributed by atoms with Crippen molar-refractivity contribution in [2.45, 2.75) is 52.4 Å². The van der Waals surface area contributed by atoms with Crippen molar-refractivity contribution in [3.8, 4) is 22.3 Å². The molecule has 0 saturated heterocycles. The van der Waals surface area contributed by atoms with Crippen LogP contribution in [0.4, 0.5) is 0 Å². The fourth-order valence-electron chi connectivity index (χ4n) is 6.51. The van der Waals surface area contributed by atoms with Crippen molar-refractivity contribution in [1.82, 2.24) is 0 Å². The highest BCUT2D eigenvalue weighted by atomic mass is 14.2. The van der Waals surface area contributed by atoms with Crippen LogP contribution in [0.1, 0.15) is 52.7 Å². The van der Waals surface area contributed by atoms with Crippen molar-refractivity contribution in [2.75, 3.05) is 0 Å². The molecular formula is C40H36. The van der Waals surface area contributed by atoms with Crippen LogP contribution >= 0.6 is 0 Å². The molecule has 0 unspecified atom stereocenters. The second-order valence-electron chi connectivity index (χ2n) is 13.4. The van der Waals surface area contributed by atoms with Crippen LogP contribution in [0, 0.1) is 0 Å². The lowest BCUT2D eigenvalue weighted by atomic mass is 9.83. The van der Waals surface area contributed by atoms with Gasteiger partial charge in [0.05, 0.1) is 0 Å². The van der Waals surface area contributed by atoms with Gasteiger partial charge in [0.2, 0.25) is 0 Å². The van der Waals surface area contributed by atoms with Gasteiger partial charge in [0.15, 0.2) is 0 Å². The summed E-state index contributed by atoms with van der Waals surface area (Å²) in [6.07, 6.45) is 0. The largest absolute Gasteiger partial charge is 0.0610 e. The highest BCUT2D eigenvalue weighted by Gasteiger charge is 2.19. The molecule has 0 saturated carbocycles. The van der Waals surface area contributed by atoms with Gasteiger partial charge < -0.3 is 0 Å². The summed E-state index contributed by atoms with van der Waals surface area (Å²) in [6, 6.07) is 41.3. The van der Waals surface area contributed by atoms with Gasteiger partial charge in [-0.3, -0.25) is 0 Å². The molecule has 0 atom stereocenters. The summed E-state index contributed by atoms with van der Waals surface area (Å²) < 4.78 is 0. The molecule has 0 aliphatic carbocycles. The van der Waals surface area contributed by atoms with Crippen LogP contribution < -0.4 is 0 Å². The summed E-state index contributed by atoms with van der Waals surface area (Å²) in [5.41, 5.74) is 8.17. The van der Waals surface area contributed by atoms with Gasteiger partial charge in [-0.15, -0.1) is 0 Å². The Morgan fingerprint density at radius 2 is 0.650 bits per heavy atom. The summed E-state index contributed by atoms with van der Waals surface area (Å²) in [6.45, 7) is 13.6. The first-order chi connectivity index (χ1) is 19.1. The highest BCUT2D eigenvalue weighted by Crippen LogP contribution is 2.45. The first kappa shape index (κ1) is 24.9. The normalized spacial score (nSPS) is 12.8. The first-order valence-electron chi connectivity index (χ1n) is 14.5. The quantitative estimate of drug-likeness (QED) is 0.158. The van der Waals surface area contributed by atoms with Crippen molar-refractivity contribution < 1.29 is 0 Å². The molecule has 0 bridgehead atoms. The topological polar surface area (TPSA) is 0 Å². The van der Waals surface area contributed by atoms with Gasteiger partial charge >= 0.3 is 0 Å². The number of fused-ring (bicyclic) bond motifs is 2. The molecule has 0 heterocycles. The average Bonchev–Trinajstić information content (AvgIpc) is 2.94. The van der Waals surface area contributed by atoms with Gasteiger partial charge in [0.1, 0.15) is 0 Å². The van der Waals surface area contributed by atoms with Crippen molar-refractivity contribution in [1.29, 1.82) is 0 Å². The third-order valence-corrected chi connectivity index (χ3v) is 8.79. The minimum Gasteiger partial charge on any atom is -0.0610 e. The number of hydrogen-bond acceptors (Lipinski definition) is 0. The highest BCUT2D eigenvalue weighted by molar-refractivity contribution is 6.35. The molecule has 0 aromatic heterocycles. The first-order valence-corrected chi connectivity index (χ1v) is 14.5. The molecule has 0 amide bonds. The van der Waals surface area contributed by atoms with Crippen molar-refractivity contribution >= 4 is 43.1 Å². The number of rotatable bonds is 2. The molecular weight excluding hydrogens is 480 g/mol. The zero-order valence-corrected chi connectivity index (χ0v) is 24.4. The molecule has 196 valence electrons. The standard InChI is InChI=1S/C40H36/c1-39(2,3)27-17-13-25(14-18-27)29-21-23-35-34-12-8-10-32-30(26-15-19-28(20-16-26)40(4,5)6)22-24-36(38(32)34)33-11-7-9-31(29)37(33)35/h7-24H,1-6H3. The van der Waals surface area contributed by atoms with Crippen LogP contribution in [0.25, 0.3) is 65.3 Å². The molecule has 0 N–H and O–H groups in total. The Bertz CT molecular complexity index is 1850. The zero-order valence-electron chi connectivity index (χ0n) is 24.4. The lowest BCUT2D eigenvalue weighted by Gasteiger charge is -2.21. The van der Waals surface area contributed by atoms with E-state index in [-0.39, 0.29) is 10.8 Å².